The fraction of sp³-hybridized carbons (Fsp3) is 0.222. The molecule has 25 heavy (non-hydrogen) atoms. The molecule has 5 nitrogen and oxygen atoms in total. The Hall–Kier alpha value is -2.41. The van der Waals surface area contributed by atoms with Crippen LogP contribution in [0.4, 0.5) is 10.1 Å². The van der Waals surface area contributed by atoms with Crippen molar-refractivity contribution in [1.82, 2.24) is 0 Å². The topological polar surface area (TPSA) is 66.8 Å². The molecule has 0 radical (unpaired) electrons. The van der Waals surface area contributed by atoms with Crippen LogP contribution in [-0.2, 0) is 9.59 Å². The lowest BCUT2D eigenvalue weighted by molar-refractivity contribution is -0.144. The van der Waals surface area contributed by atoms with E-state index in [1.165, 1.54) is 17.0 Å². The normalized spacial score (nSPS) is 21.5. The molecule has 2 aromatic rings. The Morgan fingerprint density at radius 1 is 1.28 bits per heavy atom. The second-order valence-corrected chi connectivity index (χ2v) is 6.92. The van der Waals surface area contributed by atoms with Crippen LogP contribution in [0, 0.1) is 11.7 Å². The van der Waals surface area contributed by atoms with Gasteiger partial charge in [0.15, 0.2) is 5.75 Å². The van der Waals surface area contributed by atoms with Gasteiger partial charge in [0.05, 0.1) is 22.1 Å². The fourth-order valence-corrected chi connectivity index (χ4v) is 3.85. The predicted molar refractivity (Wildman–Crippen MR) is 91.2 cm³/mol. The minimum absolute atomic E-state index is 0.115. The van der Waals surface area contributed by atoms with E-state index in [9.17, 15) is 19.1 Å². The number of amides is 1. The number of ether oxygens (including phenoxy) is 1. The van der Waals surface area contributed by atoms with E-state index in [0.29, 0.717) is 17.0 Å². The van der Waals surface area contributed by atoms with Crippen LogP contribution < -0.4 is 9.64 Å². The molecule has 1 amide bonds. The van der Waals surface area contributed by atoms with Crippen molar-refractivity contribution in [3.05, 3.63) is 52.3 Å². The van der Waals surface area contributed by atoms with Gasteiger partial charge in [-0.3, -0.25) is 9.59 Å². The summed E-state index contributed by atoms with van der Waals surface area (Å²) < 4.78 is 20.1. The average Bonchev–Trinajstić information content (AvgIpc) is 2.71. The molecule has 1 N–H and O–H groups in total. The van der Waals surface area contributed by atoms with Gasteiger partial charge in [0.2, 0.25) is 5.91 Å². The minimum atomic E-state index is -0.970. The Kier molecular flexibility index (Phi) is 3.76. The van der Waals surface area contributed by atoms with Crippen LogP contribution in [0.3, 0.4) is 0 Å². The number of hydrogen-bond donors (Lipinski definition) is 1. The third kappa shape index (κ3) is 2.50. The number of carbonyl (C=O) groups excluding carboxylic acids is 1. The number of benzene rings is 2. The quantitative estimate of drug-likeness (QED) is 0.769. The molecule has 0 saturated carbocycles. The summed E-state index contributed by atoms with van der Waals surface area (Å²) in [4.78, 5) is 25.9. The number of halogens is 2. The van der Waals surface area contributed by atoms with E-state index in [2.05, 4.69) is 15.9 Å². The van der Waals surface area contributed by atoms with Gasteiger partial charge < -0.3 is 14.7 Å². The molecular formula is C18H13BrFNO4. The lowest BCUT2D eigenvalue weighted by Crippen LogP contribution is -2.45. The molecule has 0 aliphatic carbocycles. The molecule has 2 aliphatic rings. The fourth-order valence-electron chi connectivity index (χ4n) is 3.52. The van der Waals surface area contributed by atoms with E-state index in [0.717, 1.165) is 0 Å². The highest BCUT2D eigenvalue weighted by Crippen LogP contribution is 2.50. The first-order chi connectivity index (χ1) is 12.0. The van der Waals surface area contributed by atoms with E-state index in [-0.39, 0.29) is 29.0 Å². The maximum absolute atomic E-state index is 14.0. The summed E-state index contributed by atoms with van der Waals surface area (Å²) in [5.41, 5.74) is 0.973. The molecule has 0 spiro atoms. The second-order valence-electron chi connectivity index (χ2n) is 6.07. The molecule has 2 heterocycles. The number of anilines is 1. The standard InChI is InChI=1S/C18H13BrFNO4/c19-11-7-13-15(8-12(11)20)25-14-4-2-1-3-9(14)17-10(18(23)24)5-6-16(22)21(13)17/h1-4,7-8,10,17H,5-6H2,(H,23,24). The van der Waals surface area contributed by atoms with Gasteiger partial charge in [0, 0.05) is 18.1 Å². The number of para-hydroxylation sites is 1. The first kappa shape index (κ1) is 16.1. The molecule has 0 aromatic heterocycles. The molecule has 1 saturated heterocycles. The Bertz CT molecular complexity index is 901. The minimum Gasteiger partial charge on any atom is -0.481 e. The monoisotopic (exact) mass is 405 g/mol. The van der Waals surface area contributed by atoms with Gasteiger partial charge in [-0.2, -0.15) is 0 Å². The van der Waals surface area contributed by atoms with E-state index in [1.54, 1.807) is 24.3 Å². The zero-order valence-corrected chi connectivity index (χ0v) is 14.5. The number of aliphatic carboxylic acids is 1. The lowest BCUT2D eigenvalue weighted by atomic mass is 9.83. The first-order valence-corrected chi connectivity index (χ1v) is 8.57. The number of hydrogen-bond acceptors (Lipinski definition) is 3. The summed E-state index contributed by atoms with van der Waals surface area (Å²) >= 11 is 3.13. The molecule has 2 unspecified atom stereocenters. The van der Waals surface area contributed by atoms with Crippen LogP contribution in [0.2, 0.25) is 0 Å². The van der Waals surface area contributed by atoms with Crippen molar-refractivity contribution in [2.24, 2.45) is 5.92 Å². The Morgan fingerprint density at radius 2 is 2.04 bits per heavy atom. The van der Waals surface area contributed by atoms with E-state index < -0.39 is 23.7 Å². The summed E-state index contributed by atoms with van der Waals surface area (Å²) in [6, 6.07) is 8.93. The molecule has 2 aromatic carbocycles. The van der Waals surface area contributed by atoms with E-state index >= 15 is 0 Å². The van der Waals surface area contributed by atoms with Gasteiger partial charge in [-0.25, -0.2) is 4.39 Å². The van der Waals surface area contributed by atoms with Crippen LogP contribution >= 0.6 is 15.9 Å². The van der Waals surface area contributed by atoms with Gasteiger partial charge in [-0.1, -0.05) is 18.2 Å². The second kappa shape index (κ2) is 5.84. The van der Waals surface area contributed by atoms with Crippen molar-refractivity contribution >= 4 is 33.5 Å². The van der Waals surface area contributed by atoms with Crippen molar-refractivity contribution in [3.63, 3.8) is 0 Å². The first-order valence-electron chi connectivity index (χ1n) is 7.78. The Balaban J connectivity index is 2.01. The molecule has 2 aliphatic heterocycles. The maximum Gasteiger partial charge on any atom is 0.308 e. The van der Waals surface area contributed by atoms with Crippen molar-refractivity contribution in [2.45, 2.75) is 18.9 Å². The average molecular weight is 406 g/mol. The largest absolute Gasteiger partial charge is 0.481 e. The van der Waals surface area contributed by atoms with Crippen LogP contribution in [0.25, 0.3) is 0 Å². The summed E-state index contributed by atoms with van der Waals surface area (Å²) in [6.07, 6.45) is 0.367. The molecule has 4 rings (SSSR count). The van der Waals surface area contributed by atoms with Gasteiger partial charge in [-0.15, -0.1) is 0 Å². The molecule has 128 valence electrons. The van der Waals surface area contributed by atoms with Crippen molar-refractivity contribution < 1.29 is 23.8 Å². The zero-order valence-electron chi connectivity index (χ0n) is 12.9. The lowest BCUT2D eigenvalue weighted by Gasteiger charge is -2.38. The molecule has 0 bridgehead atoms. The van der Waals surface area contributed by atoms with E-state index in [4.69, 9.17) is 4.74 Å². The summed E-state index contributed by atoms with van der Waals surface area (Å²) in [7, 11) is 0. The molecule has 1 fully saturated rings. The number of carboxylic acids is 1. The molecule has 2 atom stereocenters. The third-order valence-electron chi connectivity index (χ3n) is 4.63. The van der Waals surface area contributed by atoms with Gasteiger partial charge in [0.25, 0.3) is 0 Å². The van der Waals surface area contributed by atoms with E-state index in [1.807, 2.05) is 0 Å². The van der Waals surface area contributed by atoms with Crippen LogP contribution in [-0.4, -0.2) is 17.0 Å². The van der Waals surface area contributed by atoms with Crippen LogP contribution in [0.15, 0.2) is 40.9 Å². The van der Waals surface area contributed by atoms with Crippen LogP contribution in [0.1, 0.15) is 24.4 Å². The molecular weight excluding hydrogens is 393 g/mol. The number of nitrogens with zero attached hydrogens (tertiary/aromatic N) is 1. The SMILES string of the molecule is O=C(O)C1CCC(=O)N2c3cc(Br)c(F)cc3Oc3ccccc3C12. The van der Waals surface area contributed by atoms with Crippen molar-refractivity contribution in [2.75, 3.05) is 4.90 Å². The van der Waals surface area contributed by atoms with Crippen molar-refractivity contribution in [1.29, 1.82) is 0 Å². The third-order valence-corrected chi connectivity index (χ3v) is 5.24. The smallest absolute Gasteiger partial charge is 0.308 e. The van der Waals surface area contributed by atoms with Crippen LogP contribution in [0.5, 0.6) is 11.5 Å². The number of rotatable bonds is 1. The Morgan fingerprint density at radius 3 is 2.80 bits per heavy atom. The number of fused-ring (bicyclic) bond motifs is 5. The number of piperidine rings is 1. The van der Waals surface area contributed by atoms with Gasteiger partial charge in [0.1, 0.15) is 11.6 Å². The highest BCUT2D eigenvalue weighted by atomic mass is 79.9. The van der Waals surface area contributed by atoms with Gasteiger partial charge in [-0.05, 0) is 34.5 Å². The molecule has 7 heteroatoms. The summed E-state index contributed by atoms with van der Waals surface area (Å²) in [5.74, 6) is -1.84. The predicted octanol–water partition coefficient (Wildman–Crippen LogP) is 4.26. The van der Waals surface area contributed by atoms with Crippen molar-refractivity contribution in [3.8, 4) is 11.5 Å². The van der Waals surface area contributed by atoms with Gasteiger partial charge >= 0.3 is 5.97 Å². The zero-order chi connectivity index (χ0) is 17.7. The highest BCUT2D eigenvalue weighted by Gasteiger charge is 2.45. The number of carboxylic acid groups (broad SMARTS) is 1. The maximum atomic E-state index is 14.0. The summed E-state index contributed by atoms with van der Waals surface area (Å²) in [5, 5.41) is 9.68. The number of carbonyl (C=O) groups is 2. The summed E-state index contributed by atoms with van der Waals surface area (Å²) in [6.45, 7) is 0. The highest BCUT2D eigenvalue weighted by molar-refractivity contribution is 9.10. The Labute approximate surface area is 151 Å².